The molecule has 0 radical (unpaired) electrons. The van der Waals surface area contributed by atoms with Gasteiger partial charge in [0, 0.05) is 19.0 Å². The molecule has 0 aromatic carbocycles. The molecule has 5 heteroatoms. The second kappa shape index (κ2) is 8.84. The molecule has 0 aromatic rings. The third-order valence-corrected chi connectivity index (χ3v) is 3.32. The second-order valence-corrected chi connectivity index (χ2v) is 5.55. The van der Waals surface area contributed by atoms with Gasteiger partial charge in [-0.1, -0.05) is 40.0 Å². The van der Waals surface area contributed by atoms with Gasteiger partial charge in [0.05, 0.1) is 7.11 Å². The van der Waals surface area contributed by atoms with Gasteiger partial charge in [-0.15, -0.1) is 5.06 Å². The van der Waals surface area contributed by atoms with E-state index < -0.39 is 11.4 Å². The molecule has 0 aliphatic heterocycles. The van der Waals surface area contributed by atoms with Crippen LogP contribution in [0.15, 0.2) is 11.5 Å². The first-order chi connectivity index (χ1) is 9.30. The lowest BCUT2D eigenvalue weighted by Gasteiger charge is -2.26. The van der Waals surface area contributed by atoms with Gasteiger partial charge in [0.2, 0.25) is 0 Å². The van der Waals surface area contributed by atoms with E-state index in [2.05, 4.69) is 6.92 Å². The Labute approximate surface area is 122 Å². The summed E-state index contributed by atoms with van der Waals surface area (Å²) in [5.74, 6) is -0.842. The first kappa shape index (κ1) is 18.8. The molecule has 0 aliphatic carbocycles. The van der Waals surface area contributed by atoms with Crippen LogP contribution < -0.4 is 0 Å². The fourth-order valence-electron chi connectivity index (χ4n) is 1.73. The average molecular weight is 287 g/mol. The van der Waals surface area contributed by atoms with E-state index in [1.807, 2.05) is 20.8 Å². The van der Waals surface area contributed by atoms with Gasteiger partial charge in [-0.3, -0.25) is 0 Å². The summed E-state index contributed by atoms with van der Waals surface area (Å²) in [6.45, 7) is 8.40. The molecule has 0 amide bonds. The third kappa shape index (κ3) is 5.82. The predicted molar refractivity (Wildman–Crippen MR) is 79.0 cm³/mol. The van der Waals surface area contributed by atoms with Crippen molar-refractivity contribution >= 4 is 5.97 Å². The van der Waals surface area contributed by atoms with Crippen molar-refractivity contribution < 1.29 is 19.5 Å². The van der Waals surface area contributed by atoms with E-state index in [9.17, 15) is 9.90 Å². The van der Waals surface area contributed by atoms with E-state index in [0.29, 0.717) is 6.54 Å². The molecule has 0 fully saturated rings. The van der Waals surface area contributed by atoms with E-state index in [4.69, 9.17) is 9.57 Å². The van der Waals surface area contributed by atoms with Crippen LogP contribution in [0.3, 0.4) is 0 Å². The molecule has 0 rings (SSSR count). The van der Waals surface area contributed by atoms with Gasteiger partial charge in [0.15, 0.2) is 0 Å². The highest BCUT2D eigenvalue weighted by atomic mass is 16.7. The Hall–Kier alpha value is -1.23. The van der Waals surface area contributed by atoms with Crippen LogP contribution in [0.1, 0.15) is 53.4 Å². The van der Waals surface area contributed by atoms with Crippen molar-refractivity contribution in [3.8, 4) is 0 Å². The largest absolute Gasteiger partial charge is 0.507 e. The van der Waals surface area contributed by atoms with Gasteiger partial charge in [-0.2, -0.15) is 0 Å². The van der Waals surface area contributed by atoms with Gasteiger partial charge < -0.3 is 14.7 Å². The predicted octanol–water partition coefficient (Wildman–Crippen LogP) is 3.42. The highest BCUT2D eigenvalue weighted by molar-refractivity contribution is 5.86. The number of aliphatic hydroxyl groups is 1. The SMILES string of the molecule is CCCCCC(C)(C)/C(O)=C(\ON(C)CC)C(=O)OC. The lowest BCUT2D eigenvalue weighted by molar-refractivity contribution is -0.156. The lowest BCUT2D eigenvalue weighted by atomic mass is 9.84. The van der Waals surface area contributed by atoms with Crippen LogP contribution in [0, 0.1) is 5.41 Å². The zero-order valence-corrected chi connectivity index (χ0v) is 13.7. The molecule has 0 aromatic heterocycles. The van der Waals surface area contributed by atoms with Crippen molar-refractivity contribution in [2.75, 3.05) is 20.7 Å². The number of hydroxylamine groups is 2. The van der Waals surface area contributed by atoms with Crippen molar-refractivity contribution in [2.24, 2.45) is 5.41 Å². The molecule has 0 unspecified atom stereocenters. The van der Waals surface area contributed by atoms with Gasteiger partial charge in [-0.05, 0) is 13.3 Å². The maximum Gasteiger partial charge on any atom is 0.379 e. The Balaban J connectivity index is 5.17. The van der Waals surface area contributed by atoms with Crippen molar-refractivity contribution in [1.82, 2.24) is 5.06 Å². The Kier molecular flexibility index (Phi) is 8.30. The highest BCUT2D eigenvalue weighted by Crippen LogP contribution is 2.33. The fraction of sp³-hybridized carbons (Fsp3) is 0.800. The van der Waals surface area contributed by atoms with Crippen molar-refractivity contribution in [3.63, 3.8) is 0 Å². The zero-order chi connectivity index (χ0) is 15.8. The molecular formula is C15H29NO4. The molecule has 0 bridgehead atoms. The summed E-state index contributed by atoms with van der Waals surface area (Å²) in [6, 6.07) is 0. The number of methoxy groups -OCH3 is 1. The molecule has 0 saturated carbocycles. The topological polar surface area (TPSA) is 59.0 Å². The molecule has 0 aliphatic rings. The van der Waals surface area contributed by atoms with Gasteiger partial charge in [-0.25, -0.2) is 4.79 Å². The maximum atomic E-state index is 11.8. The molecule has 5 nitrogen and oxygen atoms in total. The second-order valence-electron chi connectivity index (χ2n) is 5.55. The number of allylic oxidation sites excluding steroid dienone is 1. The molecule has 0 heterocycles. The summed E-state index contributed by atoms with van der Waals surface area (Å²) in [5.41, 5.74) is -0.521. The maximum absolute atomic E-state index is 11.8. The molecule has 20 heavy (non-hydrogen) atoms. The molecule has 1 N–H and O–H groups in total. The van der Waals surface area contributed by atoms with E-state index in [0.717, 1.165) is 25.7 Å². The van der Waals surface area contributed by atoms with Gasteiger partial charge >= 0.3 is 5.97 Å². The summed E-state index contributed by atoms with van der Waals surface area (Å²) in [5, 5.41) is 11.9. The molecule has 0 spiro atoms. The van der Waals surface area contributed by atoms with Crippen LogP contribution >= 0.6 is 0 Å². The van der Waals surface area contributed by atoms with Crippen LogP contribution in [-0.2, 0) is 14.4 Å². The normalized spacial score (nSPS) is 13.2. The van der Waals surface area contributed by atoms with Crippen LogP contribution in [-0.4, -0.2) is 36.8 Å². The van der Waals surface area contributed by atoms with Crippen LogP contribution in [0.4, 0.5) is 0 Å². The quantitative estimate of drug-likeness (QED) is 0.231. The number of nitrogens with zero attached hydrogens (tertiary/aromatic N) is 1. The van der Waals surface area contributed by atoms with E-state index in [1.54, 1.807) is 7.05 Å². The van der Waals surface area contributed by atoms with Crippen molar-refractivity contribution in [2.45, 2.75) is 53.4 Å². The molecular weight excluding hydrogens is 258 g/mol. The third-order valence-electron chi connectivity index (χ3n) is 3.32. The Morgan fingerprint density at radius 1 is 1.25 bits per heavy atom. The minimum absolute atomic E-state index is 0.0549. The number of esters is 1. The number of ether oxygens (including phenoxy) is 1. The van der Waals surface area contributed by atoms with Gasteiger partial charge in [0.1, 0.15) is 5.76 Å². The number of hydrogen-bond acceptors (Lipinski definition) is 5. The first-order valence-corrected chi connectivity index (χ1v) is 7.21. The Morgan fingerprint density at radius 3 is 2.30 bits per heavy atom. The van der Waals surface area contributed by atoms with Crippen molar-refractivity contribution in [1.29, 1.82) is 0 Å². The van der Waals surface area contributed by atoms with E-state index in [1.165, 1.54) is 12.2 Å². The van der Waals surface area contributed by atoms with E-state index in [-0.39, 0.29) is 11.5 Å². The van der Waals surface area contributed by atoms with Crippen LogP contribution in [0.2, 0.25) is 0 Å². The number of carbonyl (C=O) groups is 1. The molecule has 118 valence electrons. The zero-order valence-electron chi connectivity index (χ0n) is 13.7. The number of rotatable bonds is 9. The monoisotopic (exact) mass is 287 g/mol. The van der Waals surface area contributed by atoms with E-state index >= 15 is 0 Å². The summed E-state index contributed by atoms with van der Waals surface area (Å²) in [7, 11) is 2.97. The number of unbranched alkanes of at least 4 members (excludes halogenated alkanes) is 2. The Morgan fingerprint density at radius 2 is 1.85 bits per heavy atom. The summed E-state index contributed by atoms with van der Waals surface area (Å²) in [6.07, 6.45) is 3.98. The van der Waals surface area contributed by atoms with Gasteiger partial charge in [0.25, 0.3) is 5.76 Å². The van der Waals surface area contributed by atoms with Crippen molar-refractivity contribution in [3.05, 3.63) is 11.5 Å². The van der Waals surface area contributed by atoms with Crippen LogP contribution in [0.25, 0.3) is 0 Å². The minimum Gasteiger partial charge on any atom is -0.507 e. The minimum atomic E-state index is -0.661. The standard InChI is InChI=1S/C15H29NO4/c1-7-9-10-11-15(3,4)13(17)12(14(18)19-6)20-16(5)8-2/h17H,7-11H2,1-6H3/b13-12+. The lowest BCUT2D eigenvalue weighted by Crippen LogP contribution is -2.27. The smallest absolute Gasteiger partial charge is 0.379 e. The number of hydrogen-bond donors (Lipinski definition) is 1. The highest BCUT2D eigenvalue weighted by Gasteiger charge is 2.31. The van der Waals surface area contributed by atoms with Crippen LogP contribution in [0.5, 0.6) is 0 Å². The Bertz CT molecular complexity index is 337. The summed E-state index contributed by atoms with van der Waals surface area (Å²) >= 11 is 0. The fourth-order valence-corrected chi connectivity index (χ4v) is 1.73. The average Bonchev–Trinajstić information content (AvgIpc) is 2.42. The summed E-state index contributed by atoms with van der Waals surface area (Å²) in [4.78, 5) is 17.2. The first-order valence-electron chi connectivity index (χ1n) is 7.21. The number of carbonyl (C=O) groups excluding carboxylic acids is 1. The molecule has 0 atom stereocenters. The summed E-state index contributed by atoms with van der Waals surface area (Å²) < 4.78 is 4.69. The molecule has 0 saturated heterocycles. The number of aliphatic hydroxyl groups excluding tert-OH is 1.